The lowest BCUT2D eigenvalue weighted by molar-refractivity contribution is -0.0367. The van der Waals surface area contributed by atoms with E-state index in [2.05, 4.69) is 15.5 Å². The van der Waals surface area contributed by atoms with E-state index in [-0.39, 0.29) is 12.0 Å². The predicted molar refractivity (Wildman–Crippen MR) is 131 cm³/mol. The molecule has 0 spiro atoms. The van der Waals surface area contributed by atoms with Gasteiger partial charge in [0.05, 0.1) is 17.4 Å². The molecule has 3 N–H and O–H groups in total. The highest BCUT2D eigenvalue weighted by Crippen LogP contribution is 2.37. The first-order valence-corrected chi connectivity index (χ1v) is 11.9. The van der Waals surface area contributed by atoms with Crippen molar-refractivity contribution in [1.82, 2.24) is 19.6 Å². The van der Waals surface area contributed by atoms with Crippen LogP contribution in [-0.4, -0.2) is 32.1 Å². The molecular formula is C26H27FN6O2. The predicted octanol–water partition coefficient (Wildman–Crippen LogP) is 5.05. The molecule has 2 aromatic carbocycles. The number of alkyl halides is 1. The first kappa shape index (κ1) is 21.8. The summed E-state index contributed by atoms with van der Waals surface area (Å²) in [4.78, 5) is 0. The van der Waals surface area contributed by atoms with E-state index in [9.17, 15) is 0 Å². The number of aromatic nitrogens is 4. The zero-order valence-corrected chi connectivity index (χ0v) is 19.4. The van der Waals surface area contributed by atoms with Crippen LogP contribution < -0.4 is 11.1 Å². The van der Waals surface area contributed by atoms with E-state index in [0.717, 1.165) is 53.6 Å². The molecular weight excluding hydrogens is 447 g/mol. The van der Waals surface area contributed by atoms with E-state index in [1.807, 2.05) is 60.4 Å². The number of halogens is 1. The smallest absolute Gasteiger partial charge is 0.291 e. The summed E-state index contributed by atoms with van der Waals surface area (Å²) in [5.41, 5.74) is 9.98. The standard InChI is InChI=1S/C26H27FN6O2/c1-17(35-24-14-18-7-2-3-8-21(18)31-26(24,27)28)20-15-22-19(13-23(20)32-11-6-10-29-32)16-30-33(22)25-9-4-5-12-34-25/h2-3,6-8,10-11,13-17,25,31H,4-5,9,12,28H2,1H3. The molecule has 0 amide bonds. The minimum Gasteiger partial charge on any atom is -0.483 e. The van der Waals surface area contributed by atoms with Gasteiger partial charge in [-0.25, -0.2) is 9.36 Å². The molecule has 0 bridgehead atoms. The van der Waals surface area contributed by atoms with Gasteiger partial charge in [-0.1, -0.05) is 18.2 Å². The Morgan fingerprint density at radius 3 is 2.91 bits per heavy atom. The minimum atomic E-state index is -2.34. The van der Waals surface area contributed by atoms with Crippen molar-refractivity contribution < 1.29 is 13.9 Å². The van der Waals surface area contributed by atoms with Gasteiger partial charge in [-0.15, -0.1) is 0 Å². The van der Waals surface area contributed by atoms with Gasteiger partial charge < -0.3 is 14.8 Å². The normalized spacial score (nSPS) is 22.8. The summed E-state index contributed by atoms with van der Waals surface area (Å²) in [5, 5.41) is 12.7. The van der Waals surface area contributed by atoms with Crippen LogP contribution in [0.5, 0.6) is 0 Å². The maximum absolute atomic E-state index is 15.4. The number of hydrogen-bond donors (Lipinski definition) is 2. The highest BCUT2D eigenvalue weighted by Gasteiger charge is 2.36. The molecule has 1 fully saturated rings. The van der Waals surface area contributed by atoms with Gasteiger partial charge in [-0.05, 0) is 56.5 Å². The van der Waals surface area contributed by atoms with E-state index in [1.54, 1.807) is 23.0 Å². The average molecular weight is 475 g/mol. The summed E-state index contributed by atoms with van der Waals surface area (Å²) in [6.45, 7) is 2.60. The van der Waals surface area contributed by atoms with Gasteiger partial charge in [0.15, 0.2) is 12.0 Å². The second kappa shape index (κ2) is 8.51. The van der Waals surface area contributed by atoms with Crippen LogP contribution in [0.2, 0.25) is 0 Å². The van der Waals surface area contributed by atoms with Gasteiger partial charge in [0, 0.05) is 41.2 Å². The molecule has 4 aromatic rings. The lowest BCUT2D eigenvalue weighted by Gasteiger charge is -2.32. The Kier molecular flexibility index (Phi) is 5.31. The fourth-order valence-corrected chi connectivity index (χ4v) is 4.79. The maximum atomic E-state index is 15.4. The van der Waals surface area contributed by atoms with Crippen LogP contribution >= 0.6 is 0 Å². The van der Waals surface area contributed by atoms with Crippen molar-refractivity contribution in [1.29, 1.82) is 0 Å². The van der Waals surface area contributed by atoms with Crippen molar-refractivity contribution in [3.63, 3.8) is 0 Å². The Balaban J connectivity index is 1.42. The van der Waals surface area contributed by atoms with Crippen molar-refractivity contribution in [3.8, 4) is 5.69 Å². The lowest BCUT2D eigenvalue weighted by Crippen LogP contribution is -2.47. The number of ether oxygens (including phenoxy) is 2. The number of nitrogens with two attached hydrogens (primary N) is 1. The SMILES string of the molecule is CC(OC1=Cc2ccccc2NC1(N)F)c1cc2c(cnn2C2CCCCO2)cc1-n1cccn1. The number of nitrogens with one attached hydrogen (secondary N) is 1. The van der Waals surface area contributed by atoms with Crippen molar-refractivity contribution in [2.75, 3.05) is 11.9 Å². The van der Waals surface area contributed by atoms with E-state index in [4.69, 9.17) is 15.2 Å². The molecule has 0 radical (unpaired) electrons. The molecule has 3 unspecified atom stereocenters. The van der Waals surface area contributed by atoms with Crippen LogP contribution in [-0.2, 0) is 9.47 Å². The Labute approximate surface area is 202 Å². The van der Waals surface area contributed by atoms with Gasteiger partial charge in [0.1, 0.15) is 6.10 Å². The van der Waals surface area contributed by atoms with Crippen molar-refractivity contribution in [2.45, 2.75) is 44.4 Å². The minimum absolute atomic E-state index is 0.0133. The molecule has 2 aliphatic heterocycles. The zero-order chi connectivity index (χ0) is 24.0. The molecule has 35 heavy (non-hydrogen) atoms. The summed E-state index contributed by atoms with van der Waals surface area (Å²) < 4.78 is 31.3. The highest BCUT2D eigenvalue weighted by atomic mass is 19.1. The van der Waals surface area contributed by atoms with Gasteiger partial charge in [-0.2, -0.15) is 14.6 Å². The third-order valence-corrected chi connectivity index (χ3v) is 6.59. The van der Waals surface area contributed by atoms with Gasteiger partial charge >= 0.3 is 0 Å². The quantitative estimate of drug-likeness (QED) is 0.394. The number of para-hydroxylation sites is 1. The third-order valence-electron chi connectivity index (χ3n) is 6.59. The maximum Gasteiger partial charge on any atom is 0.291 e. The zero-order valence-electron chi connectivity index (χ0n) is 19.4. The lowest BCUT2D eigenvalue weighted by atomic mass is 10.0. The summed E-state index contributed by atoms with van der Waals surface area (Å²) in [6.07, 6.45) is 9.50. The van der Waals surface area contributed by atoms with E-state index in [0.29, 0.717) is 5.69 Å². The summed E-state index contributed by atoms with van der Waals surface area (Å²) >= 11 is 0. The van der Waals surface area contributed by atoms with Crippen LogP contribution in [0.15, 0.2) is 66.8 Å². The molecule has 4 heterocycles. The van der Waals surface area contributed by atoms with Crippen LogP contribution in [0.3, 0.4) is 0 Å². The Hall–Kier alpha value is -3.69. The van der Waals surface area contributed by atoms with Crippen LogP contribution in [0, 0.1) is 0 Å². The second-order valence-electron chi connectivity index (χ2n) is 9.02. The van der Waals surface area contributed by atoms with Crippen LogP contribution in [0.25, 0.3) is 22.7 Å². The molecule has 0 aliphatic carbocycles. The molecule has 1 saturated heterocycles. The summed E-state index contributed by atoms with van der Waals surface area (Å²) in [7, 11) is 0. The topological polar surface area (TPSA) is 92.1 Å². The number of anilines is 1. The molecule has 6 rings (SSSR count). The number of hydrogen-bond acceptors (Lipinski definition) is 6. The van der Waals surface area contributed by atoms with Gasteiger partial charge in [0.2, 0.25) is 0 Å². The fourth-order valence-electron chi connectivity index (χ4n) is 4.79. The van der Waals surface area contributed by atoms with Crippen molar-refractivity contribution in [2.24, 2.45) is 5.73 Å². The molecule has 180 valence electrons. The monoisotopic (exact) mass is 474 g/mol. The average Bonchev–Trinajstić information content (AvgIpc) is 3.54. The Morgan fingerprint density at radius 1 is 1.23 bits per heavy atom. The van der Waals surface area contributed by atoms with Crippen molar-refractivity contribution >= 4 is 22.7 Å². The Morgan fingerprint density at radius 2 is 2.11 bits per heavy atom. The molecule has 3 atom stereocenters. The summed E-state index contributed by atoms with van der Waals surface area (Å²) in [6, 6.07) is 13.3. The first-order chi connectivity index (χ1) is 17.0. The van der Waals surface area contributed by atoms with Crippen molar-refractivity contribution in [3.05, 3.63) is 77.9 Å². The molecule has 2 aliphatic rings. The fraction of sp³-hybridized carbons (Fsp3) is 0.308. The van der Waals surface area contributed by atoms with Gasteiger partial charge in [0.25, 0.3) is 5.92 Å². The number of nitrogens with zero attached hydrogens (tertiary/aromatic N) is 4. The Bertz CT molecular complexity index is 1390. The molecule has 0 saturated carbocycles. The number of rotatable bonds is 5. The van der Waals surface area contributed by atoms with E-state index in [1.165, 1.54) is 0 Å². The van der Waals surface area contributed by atoms with Crippen LogP contribution in [0.1, 0.15) is 49.6 Å². The second-order valence-corrected chi connectivity index (χ2v) is 9.02. The third kappa shape index (κ3) is 3.96. The highest BCUT2D eigenvalue weighted by molar-refractivity contribution is 5.83. The largest absolute Gasteiger partial charge is 0.483 e. The van der Waals surface area contributed by atoms with Crippen LogP contribution in [0.4, 0.5) is 10.1 Å². The molecule has 8 nitrogen and oxygen atoms in total. The molecule has 9 heteroatoms. The first-order valence-electron chi connectivity index (χ1n) is 11.9. The van der Waals surface area contributed by atoms with E-state index >= 15 is 4.39 Å². The molecule has 2 aromatic heterocycles. The summed E-state index contributed by atoms with van der Waals surface area (Å²) in [5.74, 6) is -2.32. The van der Waals surface area contributed by atoms with E-state index < -0.39 is 12.0 Å². The number of benzene rings is 2. The number of fused-ring (bicyclic) bond motifs is 2. The van der Waals surface area contributed by atoms with Gasteiger partial charge in [-0.3, -0.25) is 5.73 Å².